The Morgan fingerprint density at radius 1 is 1.40 bits per heavy atom. The van der Waals surface area contributed by atoms with Crippen molar-refractivity contribution in [1.29, 1.82) is 0 Å². The molecule has 3 heterocycles. The van der Waals surface area contributed by atoms with E-state index in [1.807, 2.05) is 0 Å². The molecule has 1 saturated heterocycles. The molecule has 0 saturated carbocycles. The lowest BCUT2D eigenvalue weighted by Gasteiger charge is -2.36. The van der Waals surface area contributed by atoms with E-state index in [1.165, 1.54) is 6.92 Å². The van der Waals surface area contributed by atoms with Gasteiger partial charge in [0.1, 0.15) is 30.0 Å². The number of aromatic amines is 1. The molecule has 12 heteroatoms. The fraction of sp³-hybridized carbons (Fsp3) is 0.615. The Balaban J connectivity index is 2.18. The van der Waals surface area contributed by atoms with Gasteiger partial charge in [0, 0.05) is 0 Å². The monoisotopic (exact) mass is 357 g/mol. The number of aliphatic hydroxyl groups is 5. The van der Waals surface area contributed by atoms with E-state index in [-0.39, 0.29) is 17.1 Å². The van der Waals surface area contributed by atoms with Gasteiger partial charge >= 0.3 is 0 Å². The Bertz CT molecular complexity index is 834. The molecule has 0 unspecified atom stereocenters. The molecule has 6 atom stereocenters. The molecule has 8 N–H and O–H groups in total. The minimum atomic E-state index is -2.13. The van der Waals surface area contributed by atoms with Crippen molar-refractivity contribution >= 4 is 17.1 Å². The summed E-state index contributed by atoms with van der Waals surface area (Å²) in [6, 6.07) is 0. The average molecular weight is 357 g/mol. The van der Waals surface area contributed by atoms with E-state index < -0.39 is 48.4 Å². The highest BCUT2D eigenvalue weighted by Gasteiger charge is 2.52. The first-order valence-corrected chi connectivity index (χ1v) is 7.43. The van der Waals surface area contributed by atoms with Gasteiger partial charge in [0.15, 0.2) is 17.4 Å². The van der Waals surface area contributed by atoms with E-state index in [1.54, 1.807) is 0 Å². The minimum absolute atomic E-state index is 0.0405. The van der Waals surface area contributed by atoms with Gasteiger partial charge in [-0.15, -0.1) is 0 Å². The summed E-state index contributed by atoms with van der Waals surface area (Å²) < 4.78 is 6.66. The molecule has 0 spiro atoms. The number of fused-ring (bicyclic) bond motifs is 1. The van der Waals surface area contributed by atoms with Crippen LogP contribution in [0.15, 0.2) is 11.1 Å². The van der Waals surface area contributed by atoms with Crippen molar-refractivity contribution in [3.63, 3.8) is 0 Å². The van der Waals surface area contributed by atoms with Gasteiger partial charge in [0.2, 0.25) is 5.95 Å². The van der Waals surface area contributed by atoms with Crippen molar-refractivity contribution in [1.82, 2.24) is 19.5 Å². The lowest BCUT2D eigenvalue weighted by Crippen LogP contribution is -2.53. The number of aromatic nitrogens is 4. The van der Waals surface area contributed by atoms with E-state index in [2.05, 4.69) is 15.0 Å². The predicted molar refractivity (Wildman–Crippen MR) is 82.2 cm³/mol. The summed E-state index contributed by atoms with van der Waals surface area (Å²) in [6.07, 6.45) is -6.90. The van der Waals surface area contributed by atoms with Crippen molar-refractivity contribution in [2.24, 2.45) is 0 Å². The van der Waals surface area contributed by atoms with E-state index in [9.17, 15) is 30.3 Å². The van der Waals surface area contributed by atoms with Gasteiger partial charge in [-0.1, -0.05) is 0 Å². The largest absolute Gasteiger partial charge is 0.394 e. The zero-order valence-corrected chi connectivity index (χ0v) is 13.1. The first-order valence-electron chi connectivity index (χ1n) is 7.43. The van der Waals surface area contributed by atoms with Gasteiger partial charge in [-0.05, 0) is 6.92 Å². The molecule has 2 aromatic rings. The van der Waals surface area contributed by atoms with E-state index in [0.29, 0.717) is 0 Å². The third-order valence-corrected chi connectivity index (χ3v) is 4.34. The van der Waals surface area contributed by atoms with Crippen LogP contribution in [0.4, 0.5) is 5.95 Å². The molecule has 0 radical (unpaired) electrons. The van der Waals surface area contributed by atoms with Crippen molar-refractivity contribution < 1.29 is 30.3 Å². The molecule has 138 valence electrons. The Labute approximate surface area is 140 Å². The quantitative estimate of drug-likeness (QED) is 0.282. The van der Waals surface area contributed by atoms with Crippen molar-refractivity contribution in [3.05, 3.63) is 16.7 Å². The van der Waals surface area contributed by atoms with Crippen LogP contribution in [0.3, 0.4) is 0 Å². The normalized spacial score (nSPS) is 36.5. The Morgan fingerprint density at radius 2 is 2.08 bits per heavy atom. The number of rotatable bonds is 2. The van der Waals surface area contributed by atoms with Crippen molar-refractivity contribution in [3.8, 4) is 0 Å². The SMILES string of the molecule is C[C@@]1(O)[C@H](O)[C@H](O)[C@H](O)[C@@H](CO)O[C@H]1n1cnc2c(=O)[nH]c(N)nc21. The van der Waals surface area contributed by atoms with Crippen molar-refractivity contribution in [2.45, 2.75) is 43.2 Å². The summed E-state index contributed by atoms with van der Waals surface area (Å²) in [5, 5.41) is 50.4. The number of hydrogen-bond donors (Lipinski definition) is 7. The summed E-state index contributed by atoms with van der Waals surface area (Å²) in [5.41, 5.74) is 2.65. The maximum absolute atomic E-state index is 11.9. The van der Waals surface area contributed by atoms with Gasteiger partial charge < -0.3 is 36.0 Å². The first kappa shape index (κ1) is 17.7. The summed E-state index contributed by atoms with van der Waals surface area (Å²) >= 11 is 0. The summed E-state index contributed by atoms with van der Waals surface area (Å²) in [6.45, 7) is 0.473. The highest BCUT2D eigenvalue weighted by Crippen LogP contribution is 2.36. The number of nitrogens with zero attached hydrogens (tertiary/aromatic N) is 3. The number of H-pyrrole nitrogens is 1. The van der Waals surface area contributed by atoms with Gasteiger partial charge in [0.05, 0.1) is 12.9 Å². The fourth-order valence-electron chi connectivity index (χ4n) is 2.90. The van der Waals surface area contributed by atoms with Gasteiger partial charge in [-0.25, -0.2) is 4.98 Å². The molecule has 1 fully saturated rings. The van der Waals surface area contributed by atoms with E-state index in [0.717, 1.165) is 10.9 Å². The number of anilines is 1. The number of hydrogen-bond acceptors (Lipinski definition) is 10. The Morgan fingerprint density at radius 3 is 2.72 bits per heavy atom. The highest BCUT2D eigenvalue weighted by molar-refractivity contribution is 5.70. The lowest BCUT2D eigenvalue weighted by molar-refractivity contribution is -0.197. The van der Waals surface area contributed by atoms with Gasteiger partial charge in [-0.2, -0.15) is 4.98 Å². The molecule has 1 aliphatic rings. The van der Waals surface area contributed by atoms with Crippen molar-refractivity contribution in [2.75, 3.05) is 12.3 Å². The molecule has 12 nitrogen and oxygen atoms in total. The third kappa shape index (κ3) is 2.68. The van der Waals surface area contributed by atoms with Crippen LogP contribution in [0.5, 0.6) is 0 Å². The second-order valence-electron chi connectivity index (χ2n) is 6.14. The van der Waals surface area contributed by atoms with Crippen LogP contribution in [-0.4, -0.2) is 81.7 Å². The molecule has 3 rings (SSSR count). The summed E-state index contributed by atoms with van der Waals surface area (Å²) in [4.78, 5) is 22.0. The van der Waals surface area contributed by atoms with E-state index in [4.69, 9.17) is 10.5 Å². The topological polar surface area (TPSA) is 200 Å². The van der Waals surface area contributed by atoms with E-state index >= 15 is 0 Å². The van der Waals surface area contributed by atoms with Crippen LogP contribution in [0, 0.1) is 0 Å². The van der Waals surface area contributed by atoms with Gasteiger partial charge in [0.25, 0.3) is 5.56 Å². The summed E-state index contributed by atoms with van der Waals surface area (Å²) in [5.74, 6) is -0.202. The molecular weight excluding hydrogens is 338 g/mol. The number of nitrogen functional groups attached to an aromatic ring is 1. The molecule has 0 aliphatic carbocycles. The zero-order chi connectivity index (χ0) is 18.5. The van der Waals surface area contributed by atoms with Crippen LogP contribution in [0.2, 0.25) is 0 Å². The smallest absolute Gasteiger partial charge is 0.280 e. The molecule has 25 heavy (non-hydrogen) atoms. The maximum atomic E-state index is 11.9. The van der Waals surface area contributed by atoms with Crippen LogP contribution in [0.1, 0.15) is 13.2 Å². The van der Waals surface area contributed by atoms with Crippen LogP contribution < -0.4 is 11.3 Å². The predicted octanol–water partition coefficient (Wildman–Crippen LogP) is -3.57. The maximum Gasteiger partial charge on any atom is 0.280 e. The molecule has 0 bridgehead atoms. The minimum Gasteiger partial charge on any atom is -0.394 e. The number of imidazole rings is 1. The van der Waals surface area contributed by atoms with Crippen LogP contribution in [-0.2, 0) is 4.74 Å². The summed E-state index contributed by atoms with van der Waals surface area (Å²) in [7, 11) is 0. The fourth-order valence-corrected chi connectivity index (χ4v) is 2.90. The average Bonchev–Trinajstić information content (AvgIpc) is 2.94. The van der Waals surface area contributed by atoms with Crippen LogP contribution >= 0.6 is 0 Å². The number of nitrogens with one attached hydrogen (secondary N) is 1. The lowest BCUT2D eigenvalue weighted by atomic mass is 9.90. The molecule has 0 amide bonds. The van der Waals surface area contributed by atoms with Gasteiger partial charge in [-0.3, -0.25) is 14.3 Å². The number of aliphatic hydroxyl groups excluding tert-OH is 4. The molecule has 1 aliphatic heterocycles. The molecular formula is C13H19N5O7. The number of ether oxygens (including phenoxy) is 1. The first-order chi connectivity index (χ1) is 11.7. The number of nitrogens with two attached hydrogens (primary N) is 1. The second-order valence-corrected chi connectivity index (χ2v) is 6.14. The Hall–Kier alpha value is -2.09. The second kappa shape index (κ2) is 6.01. The zero-order valence-electron chi connectivity index (χ0n) is 13.1. The van der Waals surface area contributed by atoms with Crippen LogP contribution in [0.25, 0.3) is 11.2 Å². The molecule has 0 aromatic carbocycles. The highest BCUT2D eigenvalue weighted by atomic mass is 16.6. The Kier molecular flexibility index (Phi) is 4.26. The third-order valence-electron chi connectivity index (χ3n) is 4.34. The molecule has 2 aromatic heterocycles. The standard InChI is InChI=1S/C13H19N5O7/c1-13(24)8(22)7(21)6(20)4(2-19)25-11(13)18-3-15-5-9(18)16-12(14)17-10(5)23/h3-4,6-8,11,19-22,24H,2H2,1H3,(H3,14,16,17,23)/t4-,6-,7-,8-,11-,13-/m1/s1.